The first kappa shape index (κ1) is 12.9. The quantitative estimate of drug-likeness (QED) is 0.790. The molecule has 0 fully saturated rings. The first-order valence-electron chi connectivity index (χ1n) is 6.94. The summed E-state index contributed by atoms with van der Waals surface area (Å²) in [6, 6.07) is 14.8. The maximum Gasteiger partial charge on any atom is 0.115 e. The van der Waals surface area contributed by atoms with Crippen molar-refractivity contribution in [3.8, 4) is 5.69 Å². The number of fused-ring (bicyclic) bond motifs is 1. The fraction of sp³-hybridized carbons (Fsp3) is 0.235. The van der Waals surface area contributed by atoms with E-state index >= 15 is 0 Å². The molecule has 0 atom stereocenters. The Kier molecular flexibility index (Phi) is 3.28. The van der Waals surface area contributed by atoms with Crippen LogP contribution in [0.25, 0.3) is 16.7 Å². The van der Waals surface area contributed by atoms with Gasteiger partial charge in [-0.1, -0.05) is 18.2 Å². The summed E-state index contributed by atoms with van der Waals surface area (Å²) in [6.45, 7) is 4.85. The van der Waals surface area contributed by atoms with E-state index < -0.39 is 0 Å². The van der Waals surface area contributed by atoms with Crippen LogP contribution in [-0.4, -0.2) is 16.1 Å². The largest absolute Gasteiger partial charge is 0.330 e. The highest BCUT2D eigenvalue weighted by atomic mass is 15.1. The molecule has 2 N–H and O–H groups in total. The molecule has 3 nitrogen and oxygen atoms in total. The summed E-state index contributed by atoms with van der Waals surface area (Å²) in [5, 5.41) is 0. The Morgan fingerprint density at radius 1 is 1.05 bits per heavy atom. The highest BCUT2D eigenvalue weighted by Gasteiger charge is 2.11. The monoisotopic (exact) mass is 265 g/mol. The van der Waals surface area contributed by atoms with E-state index in [1.165, 1.54) is 16.8 Å². The topological polar surface area (TPSA) is 43.8 Å². The standard InChI is InChI=1S/C17H19N3/c1-12-9-13(2)11-14(10-12)20-16-6-4-3-5-15(16)19-17(20)7-8-18/h3-6,9-11H,7-8,18H2,1-2H3. The number of nitrogens with zero attached hydrogens (tertiary/aromatic N) is 2. The Bertz CT molecular complexity index is 736. The number of aromatic nitrogens is 2. The van der Waals surface area contributed by atoms with Gasteiger partial charge in [-0.15, -0.1) is 0 Å². The van der Waals surface area contributed by atoms with Crippen LogP contribution in [0.1, 0.15) is 17.0 Å². The van der Waals surface area contributed by atoms with E-state index in [2.05, 4.69) is 54.8 Å². The number of benzene rings is 2. The number of aryl methyl sites for hydroxylation is 2. The fourth-order valence-electron chi connectivity index (χ4n) is 2.74. The summed E-state index contributed by atoms with van der Waals surface area (Å²) in [5.41, 5.74) is 11.6. The lowest BCUT2D eigenvalue weighted by molar-refractivity contribution is 0.847. The minimum absolute atomic E-state index is 0.605. The predicted molar refractivity (Wildman–Crippen MR) is 83.3 cm³/mol. The van der Waals surface area contributed by atoms with Gasteiger partial charge in [-0.05, 0) is 55.8 Å². The van der Waals surface area contributed by atoms with E-state index in [0.717, 1.165) is 23.3 Å². The van der Waals surface area contributed by atoms with Gasteiger partial charge in [-0.25, -0.2) is 4.98 Å². The fourth-order valence-corrected chi connectivity index (χ4v) is 2.74. The van der Waals surface area contributed by atoms with Crippen LogP contribution in [0.2, 0.25) is 0 Å². The Labute approximate surface area is 119 Å². The molecule has 0 aliphatic carbocycles. The zero-order chi connectivity index (χ0) is 14.1. The molecule has 0 saturated carbocycles. The first-order chi connectivity index (χ1) is 9.69. The van der Waals surface area contributed by atoms with Crippen molar-refractivity contribution in [3.63, 3.8) is 0 Å². The van der Waals surface area contributed by atoms with Gasteiger partial charge in [0.15, 0.2) is 0 Å². The number of nitrogens with two attached hydrogens (primary N) is 1. The minimum Gasteiger partial charge on any atom is -0.330 e. The van der Waals surface area contributed by atoms with Gasteiger partial charge in [0.2, 0.25) is 0 Å². The number of rotatable bonds is 3. The van der Waals surface area contributed by atoms with Crippen molar-refractivity contribution < 1.29 is 0 Å². The van der Waals surface area contributed by atoms with Gasteiger partial charge in [0.25, 0.3) is 0 Å². The summed E-state index contributed by atoms with van der Waals surface area (Å²) in [4.78, 5) is 4.72. The molecule has 0 radical (unpaired) electrons. The van der Waals surface area contributed by atoms with E-state index in [1.807, 2.05) is 6.07 Å². The second kappa shape index (κ2) is 5.10. The number of imidazole rings is 1. The zero-order valence-corrected chi connectivity index (χ0v) is 11.9. The number of para-hydroxylation sites is 2. The Morgan fingerprint density at radius 3 is 2.45 bits per heavy atom. The SMILES string of the molecule is Cc1cc(C)cc(-n2c(CCN)nc3ccccc32)c1. The van der Waals surface area contributed by atoms with Crippen molar-refractivity contribution >= 4 is 11.0 Å². The highest BCUT2D eigenvalue weighted by molar-refractivity contribution is 5.78. The van der Waals surface area contributed by atoms with E-state index in [-0.39, 0.29) is 0 Å². The second-order valence-corrected chi connectivity index (χ2v) is 5.24. The van der Waals surface area contributed by atoms with Crippen LogP contribution in [0.5, 0.6) is 0 Å². The smallest absolute Gasteiger partial charge is 0.115 e. The lowest BCUT2D eigenvalue weighted by Crippen LogP contribution is -2.09. The van der Waals surface area contributed by atoms with Gasteiger partial charge in [0.1, 0.15) is 5.82 Å². The maximum atomic E-state index is 5.74. The molecule has 20 heavy (non-hydrogen) atoms. The molecule has 0 aliphatic heterocycles. The van der Waals surface area contributed by atoms with Crippen LogP contribution >= 0.6 is 0 Å². The zero-order valence-electron chi connectivity index (χ0n) is 11.9. The molecule has 0 unspecified atom stereocenters. The second-order valence-electron chi connectivity index (χ2n) is 5.24. The van der Waals surface area contributed by atoms with E-state index in [9.17, 15) is 0 Å². The molecule has 0 amide bonds. The molecule has 3 heteroatoms. The van der Waals surface area contributed by atoms with Crippen molar-refractivity contribution in [1.82, 2.24) is 9.55 Å². The van der Waals surface area contributed by atoms with E-state index in [4.69, 9.17) is 10.7 Å². The predicted octanol–water partition coefficient (Wildman–Crippen LogP) is 3.14. The van der Waals surface area contributed by atoms with Crippen molar-refractivity contribution in [2.24, 2.45) is 5.73 Å². The van der Waals surface area contributed by atoms with Gasteiger partial charge in [-0.3, -0.25) is 4.57 Å². The van der Waals surface area contributed by atoms with Gasteiger partial charge < -0.3 is 5.73 Å². The lowest BCUT2D eigenvalue weighted by atomic mass is 10.1. The molecule has 0 aliphatic rings. The molecular weight excluding hydrogens is 246 g/mol. The third-order valence-corrected chi connectivity index (χ3v) is 3.46. The van der Waals surface area contributed by atoms with Crippen LogP contribution in [0.4, 0.5) is 0 Å². The molecule has 1 aromatic heterocycles. The summed E-state index contributed by atoms with van der Waals surface area (Å²) >= 11 is 0. The normalized spacial score (nSPS) is 11.2. The molecule has 2 aromatic carbocycles. The summed E-state index contributed by atoms with van der Waals surface area (Å²) in [7, 11) is 0. The lowest BCUT2D eigenvalue weighted by Gasteiger charge is -2.11. The third kappa shape index (κ3) is 2.21. The number of hydrogen-bond donors (Lipinski definition) is 1. The molecule has 3 rings (SSSR count). The van der Waals surface area contributed by atoms with Gasteiger partial charge in [0.05, 0.1) is 11.0 Å². The van der Waals surface area contributed by atoms with Crippen LogP contribution < -0.4 is 5.73 Å². The van der Waals surface area contributed by atoms with Gasteiger partial charge in [-0.2, -0.15) is 0 Å². The summed E-state index contributed by atoms with van der Waals surface area (Å²) in [5.74, 6) is 1.03. The summed E-state index contributed by atoms with van der Waals surface area (Å²) < 4.78 is 2.22. The van der Waals surface area contributed by atoms with Crippen molar-refractivity contribution in [2.45, 2.75) is 20.3 Å². The summed E-state index contributed by atoms with van der Waals surface area (Å²) in [6.07, 6.45) is 0.779. The van der Waals surface area contributed by atoms with Gasteiger partial charge >= 0.3 is 0 Å². The molecule has 0 bridgehead atoms. The average Bonchev–Trinajstić information content (AvgIpc) is 2.76. The highest BCUT2D eigenvalue weighted by Crippen LogP contribution is 2.23. The van der Waals surface area contributed by atoms with Crippen LogP contribution in [-0.2, 0) is 6.42 Å². The number of hydrogen-bond acceptors (Lipinski definition) is 2. The molecule has 102 valence electrons. The average molecular weight is 265 g/mol. The van der Waals surface area contributed by atoms with Crippen molar-refractivity contribution in [3.05, 3.63) is 59.4 Å². The van der Waals surface area contributed by atoms with Crippen LogP contribution in [0.15, 0.2) is 42.5 Å². The molecule has 1 heterocycles. The van der Waals surface area contributed by atoms with Crippen LogP contribution in [0.3, 0.4) is 0 Å². The molecule has 0 spiro atoms. The Balaban J connectivity index is 2.29. The van der Waals surface area contributed by atoms with Gasteiger partial charge in [0, 0.05) is 12.1 Å². The van der Waals surface area contributed by atoms with E-state index in [1.54, 1.807) is 0 Å². The minimum atomic E-state index is 0.605. The molecular formula is C17H19N3. The Hall–Kier alpha value is -2.13. The van der Waals surface area contributed by atoms with E-state index in [0.29, 0.717) is 6.54 Å². The third-order valence-electron chi connectivity index (χ3n) is 3.46. The molecule has 0 saturated heterocycles. The van der Waals surface area contributed by atoms with Crippen molar-refractivity contribution in [2.75, 3.05) is 6.54 Å². The van der Waals surface area contributed by atoms with Crippen LogP contribution in [0, 0.1) is 13.8 Å². The van der Waals surface area contributed by atoms with Crippen molar-refractivity contribution in [1.29, 1.82) is 0 Å². The molecule has 3 aromatic rings. The Morgan fingerprint density at radius 2 is 1.75 bits per heavy atom. The first-order valence-corrected chi connectivity index (χ1v) is 6.94. The maximum absolute atomic E-state index is 5.74.